The number of carbonyl (C=O) groups excluding carboxylic acids is 1. The van der Waals surface area contributed by atoms with Crippen molar-refractivity contribution in [2.45, 2.75) is 57.6 Å². The van der Waals surface area contributed by atoms with E-state index in [2.05, 4.69) is 41.0 Å². The summed E-state index contributed by atoms with van der Waals surface area (Å²) in [4.78, 5) is 11.5. The Hall–Kier alpha value is -1.59. The highest BCUT2D eigenvalue weighted by Crippen LogP contribution is 2.34. The molecule has 5 nitrogen and oxygen atoms in total. The van der Waals surface area contributed by atoms with Gasteiger partial charge in [0.2, 0.25) is 0 Å². The van der Waals surface area contributed by atoms with Crippen molar-refractivity contribution in [3.8, 4) is 0 Å². The van der Waals surface area contributed by atoms with Crippen molar-refractivity contribution in [2.75, 3.05) is 26.3 Å². The summed E-state index contributed by atoms with van der Waals surface area (Å²) >= 11 is 0. The van der Waals surface area contributed by atoms with Crippen molar-refractivity contribution < 1.29 is 14.3 Å². The summed E-state index contributed by atoms with van der Waals surface area (Å²) in [6.07, 6.45) is 3.35. The van der Waals surface area contributed by atoms with Crippen LogP contribution in [0.5, 0.6) is 0 Å². The lowest BCUT2D eigenvalue weighted by atomic mass is 9.94. The van der Waals surface area contributed by atoms with Gasteiger partial charge < -0.3 is 20.1 Å². The topological polar surface area (TPSA) is 59.6 Å². The maximum absolute atomic E-state index is 11.5. The van der Waals surface area contributed by atoms with Gasteiger partial charge in [-0.25, -0.2) is 4.79 Å². The van der Waals surface area contributed by atoms with Crippen LogP contribution in [0.1, 0.15) is 51.5 Å². The molecule has 1 aromatic rings. The molecule has 25 heavy (non-hydrogen) atoms. The number of hydrogen-bond acceptors (Lipinski definition) is 4. The Morgan fingerprint density at radius 3 is 2.56 bits per heavy atom. The van der Waals surface area contributed by atoms with Crippen LogP contribution in [0.4, 0.5) is 4.79 Å². The van der Waals surface area contributed by atoms with Gasteiger partial charge in [0.1, 0.15) is 5.60 Å². The number of nitrogens with one attached hydrogen (secondary N) is 2. The molecule has 2 N–H and O–H groups in total. The molecule has 1 aliphatic carbocycles. The molecule has 0 aliphatic heterocycles. The van der Waals surface area contributed by atoms with Crippen LogP contribution in [0.25, 0.3) is 0 Å². The number of ether oxygens (including phenoxy) is 2. The average Bonchev–Trinajstić information content (AvgIpc) is 3.01. The molecule has 5 heteroatoms. The fraction of sp³-hybridized carbons (Fsp3) is 0.650. The molecule has 1 fully saturated rings. The first kappa shape index (κ1) is 19.7. The lowest BCUT2D eigenvalue weighted by Gasteiger charge is -2.21. The van der Waals surface area contributed by atoms with E-state index in [-0.39, 0.29) is 0 Å². The van der Waals surface area contributed by atoms with Crippen molar-refractivity contribution in [3.63, 3.8) is 0 Å². The smallest absolute Gasteiger partial charge is 0.407 e. The van der Waals surface area contributed by atoms with Crippen molar-refractivity contribution in [3.05, 3.63) is 35.9 Å². The fourth-order valence-electron chi connectivity index (χ4n) is 3.26. The molecule has 0 unspecified atom stereocenters. The van der Waals surface area contributed by atoms with E-state index >= 15 is 0 Å². The molecule has 0 spiro atoms. The minimum absolute atomic E-state index is 0.397. The number of carbonyl (C=O) groups is 1. The third-order valence-electron chi connectivity index (χ3n) is 4.31. The van der Waals surface area contributed by atoms with Gasteiger partial charge in [0.25, 0.3) is 0 Å². The van der Waals surface area contributed by atoms with Gasteiger partial charge in [-0.3, -0.25) is 0 Å². The van der Waals surface area contributed by atoms with Crippen LogP contribution in [-0.2, 0) is 9.47 Å². The largest absolute Gasteiger partial charge is 0.444 e. The van der Waals surface area contributed by atoms with E-state index in [1.54, 1.807) is 0 Å². The molecular weight excluding hydrogens is 316 g/mol. The Balaban J connectivity index is 1.55. The summed E-state index contributed by atoms with van der Waals surface area (Å²) < 4.78 is 10.8. The second-order valence-corrected chi connectivity index (χ2v) is 7.55. The summed E-state index contributed by atoms with van der Waals surface area (Å²) in [5.41, 5.74) is 0.964. The van der Waals surface area contributed by atoms with Crippen LogP contribution in [0.3, 0.4) is 0 Å². The molecule has 1 amide bonds. The van der Waals surface area contributed by atoms with E-state index in [0.717, 1.165) is 6.54 Å². The van der Waals surface area contributed by atoms with Gasteiger partial charge >= 0.3 is 6.09 Å². The van der Waals surface area contributed by atoms with Crippen molar-refractivity contribution in [1.29, 1.82) is 0 Å². The van der Waals surface area contributed by atoms with Crippen molar-refractivity contribution in [1.82, 2.24) is 10.6 Å². The molecule has 0 saturated heterocycles. The predicted octanol–water partition coefficient (Wildman–Crippen LogP) is 3.45. The summed E-state index contributed by atoms with van der Waals surface area (Å²) in [6, 6.07) is 11.3. The molecule has 2 rings (SSSR count). The third kappa shape index (κ3) is 7.45. The Bertz CT molecular complexity index is 513. The van der Waals surface area contributed by atoms with Crippen LogP contribution < -0.4 is 10.6 Å². The number of alkyl carbamates (subject to hydrolysis) is 1. The zero-order valence-corrected chi connectivity index (χ0v) is 15.7. The quantitative estimate of drug-likeness (QED) is 0.707. The lowest BCUT2D eigenvalue weighted by molar-refractivity contribution is 0.0500. The molecular formula is C20H32N2O3. The minimum Gasteiger partial charge on any atom is -0.444 e. The van der Waals surface area contributed by atoms with E-state index in [1.165, 1.54) is 24.8 Å². The van der Waals surface area contributed by atoms with Gasteiger partial charge in [-0.1, -0.05) is 36.8 Å². The van der Waals surface area contributed by atoms with Crippen LogP contribution in [0.2, 0.25) is 0 Å². The van der Waals surface area contributed by atoms with E-state index in [4.69, 9.17) is 9.47 Å². The number of hydrogen-bond donors (Lipinski definition) is 2. The normalized spacial score (nSPS) is 20.4. The Labute approximate surface area is 151 Å². The number of amides is 1. The summed E-state index contributed by atoms with van der Waals surface area (Å²) in [7, 11) is 0. The predicted molar refractivity (Wildman–Crippen MR) is 99.9 cm³/mol. The highest BCUT2D eigenvalue weighted by molar-refractivity contribution is 5.67. The van der Waals surface area contributed by atoms with Gasteiger partial charge in [-0.15, -0.1) is 0 Å². The molecule has 0 aromatic heterocycles. The highest BCUT2D eigenvalue weighted by Gasteiger charge is 2.27. The standard InChI is InChI=1S/C20H32N2O3/c1-20(2,3)25-19(23)22-13-15-24-14-12-21-18-11-7-10-17(18)16-8-5-4-6-9-16/h4-6,8-9,17-18,21H,7,10-15H2,1-3H3,(H,22,23)/t17-,18-/m1/s1. The molecule has 1 saturated carbocycles. The first-order chi connectivity index (χ1) is 12.0. The molecule has 0 bridgehead atoms. The summed E-state index contributed by atoms with van der Waals surface area (Å²) in [6.45, 7) is 7.98. The Kier molecular flexibility index (Phi) is 7.72. The second-order valence-electron chi connectivity index (χ2n) is 7.55. The first-order valence-corrected chi connectivity index (χ1v) is 9.28. The maximum Gasteiger partial charge on any atom is 0.407 e. The fourth-order valence-corrected chi connectivity index (χ4v) is 3.26. The molecule has 1 aliphatic rings. The highest BCUT2D eigenvalue weighted by atomic mass is 16.6. The van der Waals surface area contributed by atoms with Crippen LogP contribution in [0, 0.1) is 0 Å². The minimum atomic E-state index is -0.467. The van der Waals surface area contributed by atoms with E-state index in [1.807, 2.05) is 20.8 Å². The molecule has 140 valence electrons. The number of rotatable bonds is 8. The van der Waals surface area contributed by atoms with Crippen LogP contribution in [-0.4, -0.2) is 44.0 Å². The lowest BCUT2D eigenvalue weighted by Crippen LogP contribution is -2.35. The summed E-state index contributed by atoms with van der Waals surface area (Å²) in [5, 5.41) is 6.32. The van der Waals surface area contributed by atoms with Crippen LogP contribution in [0.15, 0.2) is 30.3 Å². The van der Waals surface area contributed by atoms with Gasteiger partial charge in [0, 0.05) is 19.1 Å². The SMILES string of the molecule is CC(C)(C)OC(=O)NCCOCCN[C@@H]1CCC[C@@H]1c1ccccc1. The van der Waals surface area contributed by atoms with Crippen molar-refractivity contribution in [2.24, 2.45) is 0 Å². The zero-order valence-electron chi connectivity index (χ0n) is 15.7. The van der Waals surface area contributed by atoms with Crippen molar-refractivity contribution >= 4 is 6.09 Å². The third-order valence-corrected chi connectivity index (χ3v) is 4.31. The molecule has 0 radical (unpaired) electrons. The Morgan fingerprint density at radius 1 is 1.12 bits per heavy atom. The average molecular weight is 348 g/mol. The number of benzene rings is 1. The maximum atomic E-state index is 11.5. The second kappa shape index (κ2) is 9.78. The van der Waals surface area contributed by atoms with Gasteiger partial charge in [-0.05, 0) is 45.1 Å². The zero-order chi connectivity index (χ0) is 18.1. The van der Waals surface area contributed by atoms with E-state index in [0.29, 0.717) is 31.7 Å². The molecule has 2 atom stereocenters. The van der Waals surface area contributed by atoms with Crippen LogP contribution >= 0.6 is 0 Å². The first-order valence-electron chi connectivity index (χ1n) is 9.28. The summed E-state index contributed by atoms with van der Waals surface area (Å²) in [5.74, 6) is 0.607. The van der Waals surface area contributed by atoms with E-state index in [9.17, 15) is 4.79 Å². The molecule has 1 aromatic carbocycles. The van der Waals surface area contributed by atoms with E-state index < -0.39 is 11.7 Å². The van der Waals surface area contributed by atoms with Gasteiger partial charge in [0.05, 0.1) is 13.2 Å². The monoisotopic (exact) mass is 348 g/mol. The Morgan fingerprint density at radius 2 is 1.84 bits per heavy atom. The molecule has 0 heterocycles. The van der Waals surface area contributed by atoms with Gasteiger partial charge in [0.15, 0.2) is 0 Å². The van der Waals surface area contributed by atoms with Gasteiger partial charge in [-0.2, -0.15) is 0 Å².